The van der Waals surface area contributed by atoms with E-state index in [1.165, 1.54) is 28.0 Å². The van der Waals surface area contributed by atoms with Crippen LogP contribution in [-0.4, -0.2) is 65.8 Å². The van der Waals surface area contributed by atoms with Gasteiger partial charge >= 0.3 is 6.01 Å². The SMILES string of the molecule is CC1C(=O)N(C)c2nc(Oc3cccc(F)c3)[nH]c2C(=O)N1CCCO[C@@H]1CCCCO1. The highest BCUT2D eigenvalue weighted by Crippen LogP contribution is 2.29. The second-order valence-electron chi connectivity index (χ2n) is 7.89. The quantitative estimate of drug-likeness (QED) is 0.657. The number of likely N-dealkylation sites (N-methyl/N-ethyl adjacent to an activating group) is 1. The number of benzene rings is 1. The molecule has 32 heavy (non-hydrogen) atoms. The number of fused-ring (bicyclic) bond motifs is 1. The Morgan fingerprint density at radius 2 is 2.16 bits per heavy atom. The highest BCUT2D eigenvalue weighted by Gasteiger charge is 2.38. The average molecular weight is 446 g/mol. The molecule has 0 saturated carbocycles. The third kappa shape index (κ3) is 4.76. The molecule has 1 saturated heterocycles. The minimum Gasteiger partial charge on any atom is -0.425 e. The van der Waals surface area contributed by atoms with E-state index in [0.717, 1.165) is 19.3 Å². The average Bonchev–Trinajstić information content (AvgIpc) is 3.19. The zero-order chi connectivity index (χ0) is 22.7. The standard InChI is InChI=1S/C22H27FN4O5/c1-14-20(28)26(2)19-18(24-22(25-19)32-16-8-5-7-15(23)13-16)21(29)27(14)10-6-12-31-17-9-3-4-11-30-17/h5,7-8,13-14,17H,3-4,6,9-12H2,1-2H3,(H,24,25)/t14?,17-/m1/s1. The number of ether oxygens (including phenoxy) is 3. The number of hydrogen-bond acceptors (Lipinski definition) is 6. The monoisotopic (exact) mass is 446 g/mol. The molecule has 0 spiro atoms. The normalized spacial score (nSPS) is 21.5. The lowest BCUT2D eigenvalue weighted by Crippen LogP contribution is -2.46. The van der Waals surface area contributed by atoms with Gasteiger partial charge in [0.05, 0.1) is 6.61 Å². The van der Waals surface area contributed by atoms with Crippen LogP contribution < -0.4 is 9.64 Å². The van der Waals surface area contributed by atoms with Gasteiger partial charge in [-0.05, 0) is 44.7 Å². The van der Waals surface area contributed by atoms with Gasteiger partial charge in [0.25, 0.3) is 5.91 Å². The van der Waals surface area contributed by atoms with E-state index in [2.05, 4.69) is 9.97 Å². The summed E-state index contributed by atoms with van der Waals surface area (Å²) in [5.41, 5.74) is 0.146. The molecule has 1 aromatic carbocycles. The van der Waals surface area contributed by atoms with E-state index in [0.29, 0.717) is 26.2 Å². The molecule has 2 aromatic rings. The van der Waals surface area contributed by atoms with Gasteiger partial charge in [-0.3, -0.25) is 14.5 Å². The Balaban J connectivity index is 1.46. The minimum absolute atomic E-state index is 0.000818. The lowest BCUT2D eigenvalue weighted by molar-refractivity contribution is -0.163. The Bertz CT molecular complexity index is 975. The number of imidazole rings is 1. The van der Waals surface area contributed by atoms with Crippen molar-refractivity contribution in [1.29, 1.82) is 0 Å². The zero-order valence-electron chi connectivity index (χ0n) is 18.2. The summed E-state index contributed by atoms with van der Waals surface area (Å²) < 4.78 is 30.3. The molecule has 4 rings (SSSR count). The lowest BCUT2D eigenvalue weighted by Gasteiger charge is -2.27. The summed E-state index contributed by atoms with van der Waals surface area (Å²) in [7, 11) is 1.56. The third-order valence-corrected chi connectivity index (χ3v) is 5.61. The van der Waals surface area contributed by atoms with Crippen molar-refractivity contribution in [3.63, 3.8) is 0 Å². The Hall–Kier alpha value is -2.98. The van der Waals surface area contributed by atoms with Crippen molar-refractivity contribution >= 4 is 17.6 Å². The molecule has 1 aromatic heterocycles. The van der Waals surface area contributed by atoms with Crippen molar-refractivity contribution in [3.05, 3.63) is 35.8 Å². The van der Waals surface area contributed by atoms with Crippen LogP contribution in [0.1, 0.15) is 43.1 Å². The first-order valence-corrected chi connectivity index (χ1v) is 10.8. The molecule has 0 bridgehead atoms. The fourth-order valence-electron chi connectivity index (χ4n) is 3.85. The number of nitrogens with zero attached hydrogens (tertiary/aromatic N) is 3. The van der Waals surface area contributed by atoms with Crippen LogP contribution >= 0.6 is 0 Å². The molecule has 10 heteroatoms. The molecule has 2 aliphatic heterocycles. The summed E-state index contributed by atoms with van der Waals surface area (Å²) in [5.74, 6) is -0.687. The van der Waals surface area contributed by atoms with Gasteiger partial charge in [0.15, 0.2) is 17.8 Å². The maximum absolute atomic E-state index is 13.4. The van der Waals surface area contributed by atoms with Gasteiger partial charge in [0.2, 0.25) is 5.91 Å². The van der Waals surface area contributed by atoms with Gasteiger partial charge in [-0.25, -0.2) is 4.39 Å². The molecule has 2 aliphatic rings. The summed E-state index contributed by atoms with van der Waals surface area (Å²) in [5, 5.41) is 0. The van der Waals surface area contributed by atoms with Crippen molar-refractivity contribution in [3.8, 4) is 11.8 Å². The molecule has 2 atom stereocenters. The Morgan fingerprint density at radius 3 is 2.91 bits per heavy atom. The highest BCUT2D eigenvalue weighted by molar-refractivity contribution is 6.08. The van der Waals surface area contributed by atoms with E-state index in [4.69, 9.17) is 14.2 Å². The Kier molecular flexibility index (Phi) is 6.71. The van der Waals surface area contributed by atoms with Gasteiger partial charge < -0.3 is 24.1 Å². The van der Waals surface area contributed by atoms with Crippen molar-refractivity contribution in [1.82, 2.24) is 14.9 Å². The molecule has 1 N–H and O–H groups in total. The number of carbonyl (C=O) groups is 2. The molecule has 3 heterocycles. The molecule has 1 fully saturated rings. The van der Waals surface area contributed by atoms with Crippen LogP contribution in [0, 0.1) is 5.82 Å². The molecule has 2 amide bonds. The number of aromatic nitrogens is 2. The van der Waals surface area contributed by atoms with E-state index in [-0.39, 0.29) is 41.4 Å². The van der Waals surface area contributed by atoms with Crippen LogP contribution in [0.2, 0.25) is 0 Å². The first-order chi connectivity index (χ1) is 15.4. The van der Waals surface area contributed by atoms with Crippen LogP contribution in [0.3, 0.4) is 0 Å². The Labute approximate surface area is 185 Å². The second kappa shape index (κ2) is 9.66. The predicted molar refractivity (Wildman–Crippen MR) is 113 cm³/mol. The number of nitrogens with one attached hydrogen (secondary N) is 1. The summed E-state index contributed by atoms with van der Waals surface area (Å²) >= 11 is 0. The first-order valence-electron chi connectivity index (χ1n) is 10.8. The molecule has 0 radical (unpaired) electrons. The maximum Gasteiger partial charge on any atom is 0.301 e. The van der Waals surface area contributed by atoms with Gasteiger partial charge in [-0.15, -0.1) is 0 Å². The molecule has 172 valence electrons. The summed E-state index contributed by atoms with van der Waals surface area (Å²) in [6.07, 6.45) is 3.36. The van der Waals surface area contributed by atoms with Crippen molar-refractivity contribution in [2.75, 3.05) is 31.7 Å². The summed E-state index contributed by atoms with van der Waals surface area (Å²) in [6.45, 7) is 3.16. The van der Waals surface area contributed by atoms with Crippen molar-refractivity contribution in [2.45, 2.75) is 44.9 Å². The second-order valence-corrected chi connectivity index (χ2v) is 7.89. The van der Waals surface area contributed by atoms with Crippen LogP contribution in [0.15, 0.2) is 24.3 Å². The topological polar surface area (TPSA) is 97.0 Å². The highest BCUT2D eigenvalue weighted by atomic mass is 19.1. The number of hydrogen-bond donors (Lipinski definition) is 1. The number of aromatic amines is 1. The molecular weight excluding hydrogens is 419 g/mol. The lowest BCUT2D eigenvalue weighted by atomic mass is 10.2. The fraction of sp³-hybridized carbons (Fsp3) is 0.500. The number of H-pyrrole nitrogens is 1. The van der Waals surface area contributed by atoms with E-state index >= 15 is 0 Å². The van der Waals surface area contributed by atoms with E-state index < -0.39 is 11.9 Å². The van der Waals surface area contributed by atoms with Crippen molar-refractivity contribution < 1.29 is 28.2 Å². The maximum atomic E-state index is 13.4. The number of amides is 2. The third-order valence-electron chi connectivity index (χ3n) is 5.61. The summed E-state index contributed by atoms with van der Waals surface area (Å²) in [6, 6.07) is 4.91. The van der Waals surface area contributed by atoms with Crippen LogP contribution in [0.25, 0.3) is 0 Å². The van der Waals surface area contributed by atoms with Gasteiger partial charge in [0.1, 0.15) is 17.6 Å². The van der Waals surface area contributed by atoms with E-state index in [1.807, 2.05) is 0 Å². The smallest absolute Gasteiger partial charge is 0.301 e. The number of rotatable bonds is 7. The van der Waals surface area contributed by atoms with Gasteiger partial charge in [-0.2, -0.15) is 4.98 Å². The number of anilines is 1. The number of carbonyl (C=O) groups excluding carboxylic acids is 2. The Morgan fingerprint density at radius 1 is 1.31 bits per heavy atom. The fourth-order valence-corrected chi connectivity index (χ4v) is 3.85. The summed E-state index contributed by atoms with van der Waals surface area (Å²) in [4.78, 5) is 36.1. The molecule has 0 aliphatic carbocycles. The first kappa shape index (κ1) is 22.2. The van der Waals surface area contributed by atoms with Gasteiger partial charge in [0, 0.05) is 26.3 Å². The van der Waals surface area contributed by atoms with Crippen LogP contribution in [-0.2, 0) is 14.3 Å². The molecule has 1 unspecified atom stereocenters. The number of halogens is 1. The predicted octanol–water partition coefficient (Wildman–Crippen LogP) is 3.08. The van der Waals surface area contributed by atoms with E-state index in [1.54, 1.807) is 20.0 Å². The largest absolute Gasteiger partial charge is 0.425 e. The van der Waals surface area contributed by atoms with Crippen molar-refractivity contribution in [2.24, 2.45) is 0 Å². The molecular formula is C22H27FN4O5. The minimum atomic E-state index is -0.659. The van der Waals surface area contributed by atoms with Crippen LogP contribution in [0.4, 0.5) is 10.2 Å². The zero-order valence-corrected chi connectivity index (χ0v) is 18.2. The van der Waals surface area contributed by atoms with Gasteiger partial charge in [-0.1, -0.05) is 6.07 Å². The van der Waals surface area contributed by atoms with Crippen LogP contribution in [0.5, 0.6) is 11.8 Å². The molecule has 9 nitrogen and oxygen atoms in total. The van der Waals surface area contributed by atoms with E-state index in [9.17, 15) is 14.0 Å².